The van der Waals surface area contributed by atoms with Crippen LogP contribution in [0, 0.1) is 0 Å². The maximum absolute atomic E-state index is 12.3. The molecule has 0 saturated heterocycles. The second kappa shape index (κ2) is 6.78. The van der Waals surface area contributed by atoms with Crippen molar-refractivity contribution in [2.75, 3.05) is 0 Å². The Kier molecular flexibility index (Phi) is 4.34. The highest BCUT2D eigenvalue weighted by molar-refractivity contribution is 5.74. The van der Waals surface area contributed by atoms with Crippen molar-refractivity contribution in [3.8, 4) is 5.75 Å². The van der Waals surface area contributed by atoms with Crippen molar-refractivity contribution in [2.24, 2.45) is 0 Å². The van der Waals surface area contributed by atoms with Crippen LogP contribution < -0.4 is 15.4 Å². The van der Waals surface area contributed by atoms with Crippen LogP contribution in [0.3, 0.4) is 0 Å². The zero-order valence-corrected chi connectivity index (χ0v) is 14.4. The normalized spacial score (nSPS) is 22.4. The molecule has 1 aromatic carbocycles. The van der Waals surface area contributed by atoms with E-state index >= 15 is 0 Å². The number of nitrogens with zero attached hydrogens (tertiary/aromatic N) is 2. The smallest absolute Gasteiger partial charge is 0.315 e. The number of ether oxygens (including phenoxy) is 1. The minimum atomic E-state index is -0.201. The molecule has 1 saturated carbocycles. The van der Waals surface area contributed by atoms with Crippen LogP contribution in [0.5, 0.6) is 5.75 Å². The molecule has 2 aromatic rings. The summed E-state index contributed by atoms with van der Waals surface area (Å²) in [6.07, 6.45) is 6.91. The van der Waals surface area contributed by atoms with Crippen LogP contribution in [0.2, 0.25) is 0 Å². The third-order valence-electron chi connectivity index (χ3n) is 5.12. The first-order valence-corrected chi connectivity index (χ1v) is 9.04. The van der Waals surface area contributed by atoms with Gasteiger partial charge in [-0.25, -0.2) is 4.79 Å². The van der Waals surface area contributed by atoms with E-state index in [2.05, 4.69) is 15.7 Å². The summed E-state index contributed by atoms with van der Waals surface area (Å²) in [6, 6.07) is 10.00. The lowest BCUT2D eigenvalue weighted by Gasteiger charge is -2.17. The van der Waals surface area contributed by atoms with Crippen LogP contribution in [0.1, 0.15) is 55.9 Å². The average Bonchev–Trinajstić information content (AvgIpc) is 3.33. The molecule has 2 amide bonds. The highest BCUT2D eigenvalue weighted by Crippen LogP contribution is 2.36. The SMILES string of the molecule is CC1Oc2ccccc2C1NC(=O)NCc1ccn(C2CCCC2)n1. The first-order chi connectivity index (χ1) is 12.2. The first-order valence-electron chi connectivity index (χ1n) is 9.04. The fourth-order valence-electron chi connectivity index (χ4n) is 3.77. The monoisotopic (exact) mass is 340 g/mol. The molecule has 25 heavy (non-hydrogen) atoms. The van der Waals surface area contributed by atoms with Crippen LogP contribution in [0.15, 0.2) is 36.5 Å². The Morgan fingerprint density at radius 3 is 2.92 bits per heavy atom. The molecule has 2 heterocycles. The number of para-hydroxylation sites is 1. The van der Waals surface area contributed by atoms with Gasteiger partial charge in [0.2, 0.25) is 0 Å². The summed E-state index contributed by atoms with van der Waals surface area (Å²) in [5.41, 5.74) is 1.91. The van der Waals surface area contributed by atoms with Gasteiger partial charge in [0.15, 0.2) is 0 Å². The van der Waals surface area contributed by atoms with Crippen LogP contribution >= 0.6 is 0 Å². The number of amides is 2. The molecule has 2 unspecified atom stereocenters. The lowest BCUT2D eigenvalue weighted by molar-refractivity contribution is 0.199. The van der Waals surface area contributed by atoms with E-state index in [1.807, 2.05) is 48.1 Å². The van der Waals surface area contributed by atoms with Crippen molar-refractivity contribution in [3.05, 3.63) is 47.8 Å². The van der Waals surface area contributed by atoms with Crippen molar-refractivity contribution in [2.45, 2.75) is 57.3 Å². The summed E-state index contributed by atoms with van der Waals surface area (Å²) in [6.45, 7) is 2.39. The molecule has 2 atom stereocenters. The molecule has 0 radical (unpaired) electrons. The van der Waals surface area contributed by atoms with Crippen LogP contribution in [0.25, 0.3) is 0 Å². The van der Waals surface area contributed by atoms with E-state index in [0.717, 1.165) is 17.0 Å². The standard InChI is InChI=1S/C19H24N4O2/c1-13-18(16-8-4-5-9-17(16)25-13)21-19(24)20-12-14-10-11-23(22-14)15-6-2-3-7-15/h4-5,8-11,13,15,18H,2-3,6-7,12H2,1H3,(H2,20,21,24). The van der Waals surface area contributed by atoms with Gasteiger partial charge >= 0.3 is 6.03 Å². The molecular formula is C19H24N4O2. The second-order valence-corrected chi connectivity index (χ2v) is 6.89. The van der Waals surface area contributed by atoms with Crippen molar-refractivity contribution in [3.63, 3.8) is 0 Å². The average molecular weight is 340 g/mol. The first kappa shape index (κ1) is 16.0. The lowest BCUT2D eigenvalue weighted by Crippen LogP contribution is -2.40. The summed E-state index contributed by atoms with van der Waals surface area (Å²) >= 11 is 0. The maximum Gasteiger partial charge on any atom is 0.315 e. The van der Waals surface area contributed by atoms with Crippen LogP contribution in [-0.4, -0.2) is 21.9 Å². The van der Waals surface area contributed by atoms with E-state index in [1.54, 1.807) is 0 Å². The van der Waals surface area contributed by atoms with Crippen molar-refractivity contribution in [1.82, 2.24) is 20.4 Å². The van der Waals surface area contributed by atoms with Gasteiger partial charge < -0.3 is 15.4 Å². The minimum Gasteiger partial charge on any atom is -0.488 e. The molecule has 1 aliphatic heterocycles. The second-order valence-electron chi connectivity index (χ2n) is 6.89. The summed E-state index contributed by atoms with van der Waals surface area (Å²) in [7, 11) is 0. The molecule has 2 aliphatic rings. The van der Waals surface area contributed by atoms with E-state index in [1.165, 1.54) is 25.7 Å². The molecule has 1 aromatic heterocycles. The number of benzene rings is 1. The summed E-state index contributed by atoms with van der Waals surface area (Å²) in [4.78, 5) is 12.3. The molecule has 132 valence electrons. The Balaban J connectivity index is 1.32. The highest BCUT2D eigenvalue weighted by atomic mass is 16.5. The van der Waals surface area contributed by atoms with Crippen molar-refractivity contribution >= 4 is 6.03 Å². The zero-order valence-electron chi connectivity index (χ0n) is 14.4. The molecule has 6 nitrogen and oxygen atoms in total. The number of urea groups is 1. The quantitative estimate of drug-likeness (QED) is 0.897. The molecule has 1 aliphatic carbocycles. The Labute approximate surface area is 147 Å². The molecular weight excluding hydrogens is 316 g/mol. The largest absolute Gasteiger partial charge is 0.488 e. The number of hydrogen-bond donors (Lipinski definition) is 2. The van der Waals surface area contributed by atoms with E-state index < -0.39 is 0 Å². The van der Waals surface area contributed by atoms with Gasteiger partial charge in [0, 0.05) is 11.8 Å². The Bertz CT molecular complexity index is 751. The molecule has 0 bridgehead atoms. The molecule has 6 heteroatoms. The molecule has 1 fully saturated rings. The summed E-state index contributed by atoms with van der Waals surface area (Å²) in [5.74, 6) is 0.843. The van der Waals surface area contributed by atoms with E-state index in [9.17, 15) is 4.79 Å². The Hall–Kier alpha value is -2.50. The molecule has 0 spiro atoms. The van der Waals surface area contributed by atoms with Crippen molar-refractivity contribution in [1.29, 1.82) is 0 Å². The number of nitrogens with one attached hydrogen (secondary N) is 2. The fraction of sp³-hybridized carbons (Fsp3) is 0.474. The number of hydrogen-bond acceptors (Lipinski definition) is 3. The van der Waals surface area contributed by atoms with Gasteiger partial charge in [0.05, 0.1) is 24.3 Å². The number of carbonyl (C=O) groups excluding carboxylic acids is 1. The topological polar surface area (TPSA) is 68.2 Å². The minimum absolute atomic E-state index is 0.0790. The summed E-state index contributed by atoms with van der Waals surface area (Å²) < 4.78 is 7.83. The van der Waals surface area contributed by atoms with Gasteiger partial charge in [-0.2, -0.15) is 5.10 Å². The van der Waals surface area contributed by atoms with Crippen LogP contribution in [-0.2, 0) is 6.54 Å². The molecule has 4 rings (SSSR count). The fourth-order valence-corrected chi connectivity index (χ4v) is 3.77. The third-order valence-corrected chi connectivity index (χ3v) is 5.12. The van der Waals surface area contributed by atoms with Crippen molar-refractivity contribution < 1.29 is 9.53 Å². The highest BCUT2D eigenvalue weighted by Gasteiger charge is 2.32. The third kappa shape index (κ3) is 3.34. The summed E-state index contributed by atoms with van der Waals surface area (Å²) in [5, 5.41) is 10.5. The predicted octanol–water partition coefficient (Wildman–Crippen LogP) is 3.32. The number of aromatic nitrogens is 2. The van der Waals surface area contributed by atoms with E-state index in [0.29, 0.717) is 12.6 Å². The lowest BCUT2D eigenvalue weighted by atomic mass is 10.1. The Morgan fingerprint density at radius 1 is 1.28 bits per heavy atom. The van der Waals surface area contributed by atoms with Gasteiger partial charge in [-0.15, -0.1) is 0 Å². The predicted molar refractivity (Wildman–Crippen MR) is 94.4 cm³/mol. The molecule has 2 N–H and O–H groups in total. The van der Waals surface area contributed by atoms with Gasteiger partial charge in [0.25, 0.3) is 0 Å². The number of carbonyl (C=O) groups is 1. The van der Waals surface area contributed by atoms with Crippen LogP contribution in [0.4, 0.5) is 4.79 Å². The van der Waals surface area contributed by atoms with E-state index in [4.69, 9.17) is 4.74 Å². The zero-order chi connectivity index (χ0) is 17.2. The Morgan fingerprint density at radius 2 is 2.08 bits per heavy atom. The van der Waals surface area contributed by atoms with Gasteiger partial charge in [0.1, 0.15) is 11.9 Å². The maximum atomic E-state index is 12.3. The van der Waals surface area contributed by atoms with Gasteiger partial charge in [-0.05, 0) is 31.9 Å². The van der Waals surface area contributed by atoms with Gasteiger partial charge in [-0.3, -0.25) is 4.68 Å². The van der Waals surface area contributed by atoms with Gasteiger partial charge in [-0.1, -0.05) is 31.0 Å². The van der Waals surface area contributed by atoms with E-state index in [-0.39, 0.29) is 18.2 Å². The number of fused-ring (bicyclic) bond motifs is 1. The number of rotatable bonds is 4.